The number of nitrogens with one attached hydrogen (secondary N) is 1. The monoisotopic (exact) mass is 284 g/mol. The van der Waals surface area contributed by atoms with E-state index in [0.29, 0.717) is 6.32 Å². The van der Waals surface area contributed by atoms with Crippen molar-refractivity contribution >= 4 is 35.3 Å². The summed E-state index contributed by atoms with van der Waals surface area (Å²) in [6.45, 7) is 1.03. The Bertz CT molecular complexity index is 622. The van der Waals surface area contributed by atoms with Gasteiger partial charge in [0.15, 0.2) is 0 Å². The number of hydrogen-bond acceptors (Lipinski definition) is 4. The predicted molar refractivity (Wildman–Crippen MR) is 82.7 cm³/mol. The summed E-state index contributed by atoms with van der Waals surface area (Å²) in [5.41, 5.74) is 0.392. The average molecular weight is 284 g/mol. The van der Waals surface area contributed by atoms with E-state index in [9.17, 15) is 9.90 Å². The molecule has 2 rings (SSSR count). The maximum absolute atomic E-state index is 12.2. The molecule has 20 heavy (non-hydrogen) atoms. The number of nitrogens with zero attached hydrogens (tertiary/aromatic N) is 1. The van der Waals surface area contributed by atoms with Crippen molar-refractivity contribution in [3.63, 3.8) is 0 Å². The fourth-order valence-corrected chi connectivity index (χ4v) is 2.50. The van der Waals surface area contributed by atoms with Crippen molar-refractivity contribution in [2.75, 3.05) is 5.32 Å². The van der Waals surface area contributed by atoms with Gasteiger partial charge in [-0.25, -0.2) is 5.26 Å². The van der Waals surface area contributed by atoms with Gasteiger partial charge in [0, 0.05) is 17.6 Å². The van der Waals surface area contributed by atoms with Gasteiger partial charge in [0.25, 0.3) is 0 Å². The zero-order valence-corrected chi connectivity index (χ0v) is 11.8. The molecule has 100 valence electrons. The fraction of sp³-hybridized carbons (Fsp3) is 0.214. The summed E-state index contributed by atoms with van der Waals surface area (Å²) in [6.07, 6.45) is 0.332. The molecule has 4 nitrogen and oxygen atoms in total. The second-order valence-corrected chi connectivity index (χ2v) is 5.17. The highest BCUT2D eigenvalue weighted by molar-refractivity contribution is 7.81. The van der Waals surface area contributed by atoms with E-state index in [1.165, 1.54) is 0 Å². The fourth-order valence-electron chi connectivity index (χ4n) is 2.17. The molecule has 1 unspecified atom stereocenters. The zero-order chi connectivity index (χ0) is 14.7. The van der Waals surface area contributed by atoms with E-state index in [0.717, 1.165) is 5.69 Å². The molecule has 1 aromatic carbocycles. The number of carbonyl (C=O) groups is 1. The first kappa shape index (κ1) is 14.3. The highest BCUT2D eigenvalue weighted by atomic mass is 32.1. The van der Waals surface area contributed by atoms with E-state index >= 15 is 0 Å². The molecule has 1 aliphatic rings. The Labute approximate surface area is 123 Å². The molecule has 0 fully saturated rings. The summed E-state index contributed by atoms with van der Waals surface area (Å²) in [5, 5.41) is 22.0. The Balaban J connectivity index is 2.30. The van der Waals surface area contributed by atoms with Gasteiger partial charge < -0.3 is 15.2 Å². The maximum atomic E-state index is 12.2. The lowest BCUT2D eigenvalue weighted by Gasteiger charge is -2.23. The van der Waals surface area contributed by atoms with Gasteiger partial charge in [0.2, 0.25) is 0 Å². The molecular weight excluding hydrogens is 271 g/mol. The van der Waals surface area contributed by atoms with Gasteiger partial charge in [-0.15, -0.1) is 0 Å². The van der Waals surface area contributed by atoms with Crippen LogP contribution in [-0.2, 0) is 4.79 Å². The lowest BCUT2D eigenvalue weighted by atomic mass is 9.40. The van der Waals surface area contributed by atoms with Crippen LogP contribution in [0.15, 0.2) is 41.7 Å². The average Bonchev–Trinajstić information content (AvgIpc) is 2.44. The van der Waals surface area contributed by atoms with Crippen molar-refractivity contribution in [2.24, 2.45) is 5.92 Å². The lowest BCUT2D eigenvalue weighted by molar-refractivity contribution is -0.109. The molecule has 2 N–H and O–H groups in total. The molecule has 0 aromatic heterocycles. The maximum Gasteiger partial charge on any atom is 0.351 e. The van der Waals surface area contributed by atoms with Crippen LogP contribution in [-0.4, -0.2) is 22.5 Å². The van der Waals surface area contributed by atoms with Crippen molar-refractivity contribution in [3.05, 3.63) is 41.7 Å². The number of anilines is 1. The van der Waals surface area contributed by atoms with Crippen LogP contribution in [0.2, 0.25) is 6.32 Å². The van der Waals surface area contributed by atoms with E-state index in [2.05, 4.69) is 5.32 Å². The van der Waals surface area contributed by atoms with Crippen molar-refractivity contribution in [3.8, 4) is 5.97 Å². The molecule has 1 aromatic rings. The van der Waals surface area contributed by atoms with Crippen molar-refractivity contribution in [2.45, 2.75) is 13.2 Å². The Kier molecular flexibility index (Phi) is 4.21. The molecule has 1 aliphatic heterocycles. The van der Waals surface area contributed by atoms with Crippen LogP contribution in [0.3, 0.4) is 0 Å². The highest BCUT2D eigenvalue weighted by Crippen LogP contribution is 2.27. The molecule has 0 spiro atoms. The molecule has 0 radical (unpaired) electrons. The SMILES string of the molecule is CC1CB(C#N)C(=O)C(C(=S)Nc2ccccc2)=C1O. The van der Waals surface area contributed by atoms with Crippen molar-refractivity contribution in [1.29, 1.82) is 5.26 Å². The third kappa shape index (κ3) is 2.73. The highest BCUT2D eigenvalue weighted by Gasteiger charge is 2.39. The quantitative estimate of drug-likeness (QED) is 0.645. The Morgan fingerprint density at radius 2 is 2.15 bits per heavy atom. The van der Waals surface area contributed by atoms with Crippen LogP contribution in [0.1, 0.15) is 6.92 Å². The summed E-state index contributed by atoms with van der Waals surface area (Å²) in [6, 6.07) is 9.15. The number of carbonyl (C=O) groups excluding carboxylic acids is 1. The number of rotatable bonds is 2. The van der Waals surface area contributed by atoms with Gasteiger partial charge >= 0.3 is 6.71 Å². The Hall–Kier alpha value is -2.13. The third-order valence-electron chi connectivity index (χ3n) is 3.29. The van der Waals surface area contributed by atoms with Gasteiger partial charge in [0.1, 0.15) is 16.4 Å². The van der Waals surface area contributed by atoms with Crippen LogP contribution >= 0.6 is 12.2 Å². The van der Waals surface area contributed by atoms with E-state index in [-0.39, 0.29) is 22.2 Å². The van der Waals surface area contributed by atoms with Gasteiger partial charge in [-0.3, -0.25) is 0 Å². The van der Waals surface area contributed by atoms with E-state index in [4.69, 9.17) is 17.5 Å². The van der Waals surface area contributed by atoms with Crippen LogP contribution in [0.25, 0.3) is 0 Å². The normalized spacial score (nSPS) is 18.7. The summed E-state index contributed by atoms with van der Waals surface area (Å²) >= 11 is 5.20. The zero-order valence-electron chi connectivity index (χ0n) is 11.0. The number of nitriles is 1. The van der Waals surface area contributed by atoms with Crippen molar-refractivity contribution < 1.29 is 9.90 Å². The number of hydrogen-bond donors (Lipinski definition) is 2. The molecule has 0 bridgehead atoms. The van der Waals surface area contributed by atoms with Crippen LogP contribution in [0, 0.1) is 17.1 Å². The first-order chi connectivity index (χ1) is 9.54. The van der Waals surface area contributed by atoms with E-state index in [1.807, 2.05) is 36.3 Å². The van der Waals surface area contributed by atoms with Gasteiger partial charge in [0.05, 0.1) is 5.57 Å². The van der Waals surface area contributed by atoms with Gasteiger partial charge in [-0.05, 0) is 18.5 Å². The molecule has 0 aliphatic carbocycles. The minimum atomic E-state index is -0.744. The largest absolute Gasteiger partial charge is 0.511 e. The smallest absolute Gasteiger partial charge is 0.351 e. The van der Waals surface area contributed by atoms with Gasteiger partial charge in [-0.1, -0.05) is 37.3 Å². The Morgan fingerprint density at radius 1 is 1.50 bits per heavy atom. The van der Waals surface area contributed by atoms with Crippen LogP contribution in [0.5, 0.6) is 0 Å². The standard InChI is InChI=1S/C14H13BN2O2S/c1-9-7-15(8-16)13(19)11(12(9)18)14(20)17-10-5-3-2-4-6-10/h2-6,9,18H,7H2,1H3,(H,17,20). The first-order valence-electron chi connectivity index (χ1n) is 6.28. The number of allylic oxidation sites excluding steroid dienone is 1. The topological polar surface area (TPSA) is 73.1 Å². The van der Waals surface area contributed by atoms with E-state index in [1.54, 1.807) is 6.92 Å². The van der Waals surface area contributed by atoms with Crippen LogP contribution < -0.4 is 5.32 Å². The van der Waals surface area contributed by atoms with E-state index < -0.39 is 12.4 Å². The Morgan fingerprint density at radius 3 is 2.75 bits per heavy atom. The first-order valence-corrected chi connectivity index (χ1v) is 6.68. The lowest BCUT2D eigenvalue weighted by Crippen LogP contribution is -2.38. The number of aliphatic hydroxyl groups excluding tert-OH is 1. The molecule has 1 heterocycles. The second-order valence-electron chi connectivity index (χ2n) is 4.76. The number of benzene rings is 1. The number of aliphatic hydroxyl groups is 1. The van der Waals surface area contributed by atoms with Gasteiger partial charge in [-0.2, -0.15) is 0 Å². The second kappa shape index (κ2) is 5.89. The molecule has 1 atom stereocenters. The predicted octanol–water partition coefficient (Wildman–Crippen LogP) is 2.55. The van der Waals surface area contributed by atoms with Crippen molar-refractivity contribution in [1.82, 2.24) is 0 Å². The molecule has 0 saturated carbocycles. The number of thiocarbonyl (C=S) groups is 1. The third-order valence-corrected chi connectivity index (χ3v) is 3.60. The number of para-hydroxylation sites is 1. The molecule has 0 amide bonds. The minimum absolute atomic E-state index is 0.0325. The van der Waals surface area contributed by atoms with Crippen LogP contribution in [0.4, 0.5) is 5.69 Å². The minimum Gasteiger partial charge on any atom is -0.511 e. The summed E-state index contributed by atoms with van der Waals surface area (Å²) < 4.78 is 0. The summed E-state index contributed by atoms with van der Waals surface area (Å²) in [7, 11) is 0. The molecular formula is C14H13BN2O2S. The molecule has 0 saturated heterocycles. The molecule has 6 heteroatoms. The summed E-state index contributed by atoms with van der Waals surface area (Å²) in [4.78, 5) is 12.3. The summed E-state index contributed by atoms with van der Waals surface area (Å²) in [5.74, 6) is 1.69.